The molecule has 0 spiro atoms. The van der Waals surface area contributed by atoms with Gasteiger partial charge in [-0.25, -0.2) is 0 Å². The Kier molecular flexibility index (Phi) is 4.85. The maximum atomic E-state index is 11.8. The Morgan fingerprint density at radius 1 is 1.24 bits per heavy atom. The number of nitriles is 1. The van der Waals surface area contributed by atoms with Crippen molar-refractivity contribution in [2.75, 3.05) is 14.1 Å². The predicted molar refractivity (Wildman–Crippen MR) is 81.6 cm³/mol. The highest BCUT2D eigenvalue weighted by Gasteiger charge is 2.12. The summed E-state index contributed by atoms with van der Waals surface area (Å²) < 4.78 is 5.61. The van der Waals surface area contributed by atoms with Gasteiger partial charge in [0, 0.05) is 25.1 Å². The monoisotopic (exact) mass is 298 g/mol. The molecule has 0 atom stereocenters. The van der Waals surface area contributed by atoms with E-state index in [0.29, 0.717) is 10.9 Å². The average molecular weight is 298 g/mol. The zero-order valence-corrected chi connectivity index (χ0v) is 12.6. The molecule has 0 unspecified atom stereocenters. The van der Waals surface area contributed by atoms with E-state index in [9.17, 15) is 4.79 Å². The second-order valence-electron chi connectivity index (χ2n) is 4.44. The molecule has 0 bridgehead atoms. The summed E-state index contributed by atoms with van der Waals surface area (Å²) in [5, 5.41) is 9.75. The highest BCUT2D eigenvalue weighted by atomic mass is 32.2. The highest BCUT2D eigenvalue weighted by molar-refractivity contribution is 7.99. The van der Waals surface area contributed by atoms with Crippen LogP contribution in [0.3, 0.4) is 0 Å². The van der Waals surface area contributed by atoms with Crippen LogP contribution < -0.4 is 0 Å². The first kappa shape index (κ1) is 14.9. The summed E-state index contributed by atoms with van der Waals surface area (Å²) in [4.78, 5) is 14.2. The lowest BCUT2D eigenvalue weighted by Crippen LogP contribution is -2.22. The van der Waals surface area contributed by atoms with E-state index in [2.05, 4.69) is 0 Å². The molecular formula is C16H14N2O2S. The van der Waals surface area contributed by atoms with Gasteiger partial charge in [0.1, 0.15) is 17.4 Å². The molecule has 5 heteroatoms. The smallest absolute Gasteiger partial charge is 0.264 e. The molecular weight excluding hydrogens is 284 g/mol. The van der Waals surface area contributed by atoms with E-state index in [1.807, 2.05) is 42.5 Å². The molecule has 1 aromatic heterocycles. The van der Waals surface area contributed by atoms with Crippen LogP contribution in [0.2, 0.25) is 0 Å². The summed E-state index contributed by atoms with van der Waals surface area (Å²) in [6.07, 6.45) is 1.46. The van der Waals surface area contributed by atoms with Crippen LogP contribution in [0.15, 0.2) is 62.4 Å². The van der Waals surface area contributed by atoms with Gasteiger partial charge in [-0.3, -0.25) is 4.79 Å². The van der Waals surface area contributed by atoms with Gasteiger partial charge in [0.15, 0.2) is 5.09 Å². The molecule has 2 rings (SSSR count). The second-order valence-corrected chi connectivity index (χ2v) is 5.52. The Labute approximate surface area is 127 Å². The second kappa shape index (κ2) is 6.82. The minimum atomic E-state index is -0.342. The van der Waals surface area contributed by atoms with Gasteiger partial charge in [-0.1, -0.05) is 30.0 Å². The fraction of sp³-hybridized carbons (Fsp3) is 0.125. The van der Waals surface area contributed by atoms with E-state index >= 15 is 0 Å². The Bertz CT molecular complexity index is 697. The van der Waals surface area contributed by atoms with Crippen molar-refractivity contribution in [1.82, 2.24) is 4.90 Å². The molecule has 21 heavy (non-hydrogen) atoms. The van der Waals surface area contributed by atoms with Crippen LogP contribution in [0, 0.1) is 11.3 Å². The van der Waals surface area contributed by atoms with Crippen molar-refractivity contribution in [3.8, 4) is 6.07 Å². The van der Waals surface area contributed by atoms with Gasteiger partial charge in [0.25, 0.3) is 5.91 Å². The van der Waals surface area contributed by atoms with Crippen molar-refractivity contribution >= 4 is 23.7 Å². The largest absolute Gasteiger partial charge is 0.450 e. The SMILES string of the molecule is CN(C)C(=O)/C(C#N)=C\c1ccc(Sc2ccccc2)o1. The van der Waals surface area contributed by atoms with Gasteiger partial charge in [-0.05, 0) is 24.3 Å². The van der Waals surface area contributed by atoms with Crippen LogP contribution in [0.5, 0.6) is 0 Å². The first-order valence-electron chi connectivity index (χ1n) is 6.26. The van der Waals surface area contributed by atoms with Crippen molar-refractivity contribution in [2.24, 2.45) is 0 Å². The van der Waals surface area contributed by atoms with Gasteiger partial charge in [-0.2, -0.15) is 5.26 Å². The number of likely N-dealkylation sites (N-methyl/N-ethyl adjacent to an activating group) is 1. The number of amides is 1. The fourth-order valence-corrected chi connectivity index (χ4v) is 2.40. The minimum absolute atomic E-state index is 0.0469. The molecule has 0 aliphatic heterocycles. The molecule has 0 N–H and O–H groups in total. The summed E-state index contributed by atoms with van der Waals surface area (Å²) in [5.41, 5.74) is 0.0469. The van der Waals surface area contributed by atoms with Crippen LogP contribution in [0.4, 0.5) is 0 Å². The molecule has 2 aromatic rings. The molecule has 0 aliphatic rings. The van der Waals surface area contributed by atoms with E-state index in [1.54, 1.807) is 20.2 Å². The molecule has 1 amide bonds. The van der Waals surface area contributed by atoms with Crippen LogP contribution in [0.1, 0.15) is 5.76 Å². The molecule has 1 heterocycles. The third-order valence-corrected chi connectivity index (χ3v) is 3.54. The highest BCUT2D eigenvalue weighted by Crippen LogP contribution is 2.29. The Morgan fingerprint density at radius 3 is 2.57 bits per heavy atom. The van der Waals surface area contributed by atoms with Crippen molar-refractivity contribution < 1.29 is 9.21 Å². The molecule has 0 fully saturated rings. The molecule has 0 saturated carbocycles. The van der Waals surface area contributed by atoms with Crippen molar-refractivity contribution in [3.05, 3.63) is 53.8 Å². The van der Waals surface area contributed by atoms with Crippen molar-refractivity contribution in [2.45, 2.75) is 9.99 Å². The number of hydrogen-bond acceptors (Lipinski definition) is 4. The Hall–Kier alpha value is -2.45. The zero-order chi connectivity index (χ0) is 15.2. The van der Waals surface area contributed by atoms with Crippen molar-refractivity contribution in [3.63, 3.8) is 0 Å². The third kappa shape index (κ3) is 4.01. The first-order chi connectivity index (χ1) is 10.1. The van der Waals surface area contributed by atoms with E-state index < -0.39 is 0 Å². The Morgan fingerprint density at radius 2 is 1.95 bits per heavy atom. The van der Waals surface area contributed by atoms with Gasteiger partial charge in [-0.15, -0.1) is 0 Å². The maximum Gasteiger partial charge on any atom is 0.264 e. The van der Waals surface area contributed by atoms with Crippen LogP contribution in [-0.4, -0.2) is 24.9 Å². The summed E-state index contributed by atoms with van der Waals surface area (Å²) in [6, 6.07) is 15.3. The number of carbonyl (C=O) groups is 1. The molecule has 0 radical (unpaired) electrons. The number of nitrogens with zero attached hydrogens (tertiary/aromatic N) is 2. The molecule has 0 saturated heterocycles. The van der Waals surface area contributed by atoms with Crippen LogP contribution in [-0.2, 0) is 4.79 Å². The van der Waals surface area contributed by atoms with Crippen LogP contribution in [0.25, 0.3) is 6.08 Å². The quantitative estimate of drug-likeness (QED) is 0.641. The van der Waals surface area contributed by atoms with E-state index in [-0.39, 0.29) is 11.5 Å². The summed E-state index contributed by atoms with van der Waals surface area (Å²) >= 11 is 1.48. The van der Waals surface area contributed by atoms with Gasteiger partial charge < -0.3 is 9.32 Å². The predicted octanol–water partition coefficient (Wildman–Crippen LogP) is 3.43. The summed E-state index contributed by atoms with van der Waals surface area (Å²) in [5.74, 6) is 0.145. The molecule has 106 valence electrons. The van der Waals surface area contributed by atoms with Crippen molar-refractivity contribution in [1.29, 1.82) is 5.26 Å². The minimum Gasteiger partial charge on any atom is -0.450 e. The lowest BCUT2D eigenvalue weighted by Gasteiger charge is -2.07. The van der Waals surface area contributed by atoms with E-state index in [4.69, 9.17) is 9.68 Å². The fourth-order valence-electron chi connectivity index (χ4n) is 1.60. The molecule has 0 aliphatic carbocycles. The number of furan rings is 1. The third-order valence-electron chi connectivity index (χ3n) is 2.61. The average Bonchev–Trinajstić information content (AvgIpc) is 2.92. The van der Waals surface area contributed by atoms with Crippen LogP contribution >= 0.6 is 11.8 Å². The zero-order valence-electron chi connectivity index (χ0n) is 11.7. The lowest BCUT2D eigenvalue weighted by atomic mass is 10.2. The lowest BCUT2D eigenvalue weighted by molar-refractivity contribution is -0.124. The van der Waals surface area contributed by atoms with Gasteiger partial charge in [0.05, 0.1) is 0 Å². The topological polar surface area (TPSA) is 57.2 Å². The number of carbonyl (C=O) groups excluding carboxylic acids is 1. The van der Waals surface area contributed by atoms with E-state index in [1.165, 1.54) is 22.7 Å². The van der Waals surface area contributed by atoms with Gasteiger partial charge in [0.2, 0.25) is 0 Å². The van der Waals surface area contributed by atoms with E-state index in [0.717, 1.165) is 4.90 Å². The molecule has 4 nitrogen and oxygen atoms in total. The maximum absolute atomic E-state index is 11.8. The van der Waals surface area contributed by atoms with Gasteiger partial charge >= 0.3 is 0 Å². The summed E-state index contributed by atoms with van der Waals surface area (Å²) in [6.45, 7) is 0. The molecule has 1 aromatic carbocycles. The standard InChI is InChI=1S/C16H14N2O2S/c1-18(2)16(19)12(11-17)10-13-8-9-15(20-13)21-14-6-4-3-5-7-14/h3-10H,1-2H3/b12-10-. The summed E-state index contributed by atoms with van der Waals surface area (Å²) in [7, 11) is 3.21. The Balaban J connectivity index is 2.16. The first-order valence-corrected chi connectivity index (χ1v) is 7.08. The number of rotatable bonds is 4. The number of benzene rings is 1. The normalized spacial score (nSPS) is 11.0. The number of hydrogen-bond donors (Lipinski definition) is 0.